The van der Waals surface area contributed by atoms with Gasteiger partial charge in [-0.25, -0.2) is 0 Å². The van der Waals surface area contributed by atoms with Crippen LogP contribution in [0.5, 0.6) is 5.75 Å². The Morgan fingerprint density at radius 2 is 2.08 bits per heavy atom. The fourth-order valence-corrected chi connectivity index (χ4v) is 3.29. The summed E-state index contributed by atoms with van der Waals surface area (Å²) in [4.78, 5) is 2.26. The third-order valence-corrected chi connectivity index (χ3v) is 4.63. The summed E-state index contributed by atoms with van der Waals surface area (Å²) in [5.74, 6) is 0.798. The highest BCUT2D eigenvalue weighted by Crippen LogP contribution is 2.20. The lowest BCUT2D eigenvalue weighted by molar-refractivity contribution is -0.0488. The lowest BCUT2D eigenvalue weighted by Gasteiger charge is -2.34. The van der Waals surface area contributed by atoms with E-state index < -0.39 is 6.10 Å². The largest absolute Gasteiger partial charge is 0.497 e. The molecule has 2 heterocycles. The van der Waals surface area contributed by atoms with E-state index in [9.17, 15) is 5.11 Å². The SMILES string of the molecule is COc1ccc([C@@H](O)CN2CCO[C@H](Cn3nc(C)cc3C)C2)cc1. The average molecular weight is 345 g/mol. The maximum Gasteiger partial charge on any atom is 0.118 e. The lowest BCUT2D eigenvalue weighted by atomic mass is 10.1. The van der Waals surface area contributed by atoms with Crippen LogP contribution in [-0.4, -0.2) is 59.2 Å². The van der Waals surface area contributed by atoms with E-state index in [0.717, 1.165) is 42.3 Å². The standard InChI is InChI=1S/C19H27N3O3/c1-14-10-15(2)22(20-14)12-18-11-21(8-9-25-18)13-19(23)16-4-6-17(24-3)7-5-16/h4-7,10,18-19,23H,8-9,11-13H2,1-3H3/t18-,19-/m0/s1. The first-order chi connectivity index (χ1) is 12.0. The number of aromatic nitrogens is 2. The molecule has 1 aliphatic rings. The number of aliphatic hydroxyl groups excluding tert-OH is 1. The molecule has 1 aromatic carbocycles. The first-order valence-electron chi connectivity index (χ1n) is 8.72. The molecule has 6 nitrogen and oxygen atoms in total. The summed E-state index contributed by atoms with van der Waals surface area (Å²) in [7, 11) is 1.64. The highest BCUT2D eigenvalue weighted by atomic mass is 16.5. The summed E-state index contributed by atoms with van der Waals surface area (Å²) in [6, 6.07) is 9.66. The molecule has 2 atom stereocenters. The number of aliphatic hydroxyl groups is 1. The van der Waals surface area contributed by atoms with E-state index in [1.165, 1.54) is 0 Å². The van der Waals surface area contributed by atoms with Gasteiger partial charge >= 0.3 is 0 Å². The zero-order valence-electron chi connectivity index (χ0n) is 15.2. The summed E-state index contributed by atoms with van der Waals surface area (Å²) in [5.41, 5.74) is 3.08. The monoisotopic (exact) mass is 345 g/mol. The van der Waals surface area contributed by atoms with Gasteiger partial charge in [0.2, 0.25) is 0 Å². The molecule has 25 heavy (non-hydrogen) atoms. The second kappa shape index (κ2) is 7.99. The third-order valence-electron chi connectivity index (χ3n) is 4.63. The molecule has 1 fully saturated rings. The van der Waals surface area contributed by atoms with Gasteiger partial charge in [0.1, 0.15) is 5.75 Å². The number of rotatable bonds is 6. The van der Waals surface area contributed by atoms with Gasteiger partial charge in [-0.05, 0) is 37.6 Å². The zero-order valence-corrected chi connectivity index (χ0v) is 15.2. The Morgan fingerprint density at radius 1 is 1.32 bits per heavy atom. The first-order valence-corrected chi connectivity index (χ1v) is 8.72. The second-order valence-corrected chi connectivity index (χ2v) is 6.65. The van der Waals surface area contributed by atoms with Crippen LogP contribution in [0.3, 0.4) is 0 Å². The topological polar surface area (TPSA) is 59.8 Å². The van der Waals surface area contributed by atoms with Gasteiger partial charge in [0.05, 0.1) is 38.2 Å². The van der Waals surface area contributed by atoms with Crippen molar-refractivity contribution in [1.82, 2.24) is 14.7 Å². The van der Waals surface area contributed by atoms with E-state index in [0.29, 0.717) is 13.2 Å². The smallest absolute Gasteiger partial charge is 0.118 e. The van der Waals surface area contributed by atoms with Gasteiger partial charge in [-0.15, -0.1) is 0 Å². The van der Waals surface area contributed by atoms with Crippen molar-refractivity contribution < 1.29 is 14.6 Å². The van der Waals surface area contributed by atoms with E-state index >= 15 is 0 Å². The maximum atomic E-state index is 10.5. The number of morpholine rings is 1. The molecule has 0 radical (unpaired) electrons. The van der Waals surface area contributed by atoms with Crippen LogP contribution < -0.4 is 4.74 Å². The number of hydrogen-bond donors (Lipinski definition) is 1. The number of hydrogen-bond acceptors (Lipinski definition) is 5. The van der Waals surface area contributed by atoms with Crippen molar-refractivity contribution in [2.75, 3.05) is 33.4 Å². The predicted octanol–water partition coefficient (Wildman–Crippen LogP) is 1.94. The molecule has 0 saturated carbocycles. The van der Waals surface area contributed by atoms with Crippen LogP contribution >= 0.6 is 0 Å². The molecule has 0 bridgehead atoms. The van der Waals surface area contributed by atoms with Crippen LogP contribution in [0, 0.1) is 13.8 Å². The molecule has 0 aliphatic carbocycles. The Balaban J connectivity index is 1.56. The summed E-state index contributed by atoms with van der Waals surface area (Å²) in [5, 5.41) is 15.0. The summed E-state index contributed by atoms with van der Waals surface area (Å²) in [6.07, 6.45) is -0.423. The van der Waals surface area contributed by atoms with Crippen LogP contribution in [0.2, 0.25) is 0 Å². The van der Waals surface area contributed by atoms with Crippen LogP contribution in [-0.2, 0) is 11.3 Å². The van der Waals surface area contributed by atoms with Gasteiger partial charge in [0, 0.05) is 25.3 Å². The Hall–Kier alpha value is -1.89. The van der Waals surface area contributed by atoms with E-state index in [-0.39, 0.29) is 6.10 Å². The fraction of sp³-hybridized carbons (Fsp3) is 0.526. The molecule has 0 unspecified atom stereocenters. The molecule has 136 valence electrons. The van der Waals surface area contributed by atoms with Crippen LogP contribution in [0.4, 0.5) is 0 Å². The van der Waals surface area contributed by atoms with E-state index in [4.69, 9.17) is 9.47 Å². The summed E-state index contributed by atoms with van der Waals surface area (Å²) < 4.78 is 13.1. The molecule has 0 amide bonds. The number of ether oxygens (including phenoxy) is 2. The minimum atomic E-state index is -0.515. The van der Waals surface area contributed by atoms with Crippen LogP contribution in [0.25, 0.3) is 0 Å². The third kappa shape index (κ3) is 4.60. The maximum absolute atomic E-state index is 10.5. The van der Waals surface area contributed by atoms with Gasteiger partial charge in [-0.3, -0.25) is 9.58 Å². The highest BCUT2D eigenvalue weighted by Gasteiger charge is 2.24. The van der Waals surface area contributed by atoms with Crippen molar-refractivity contribution in [2.45, 2.75) is 32.6 Å². The zero-order chi connectivity index (χ0) is 17.8. The number of methoxy groups -OCH3 is 1. The lowest BCUT2D eigenvalue weighted by Crippen LogP contribution is -2.45. The van der Waals surface area contributed by atoms with Crippen LogP contribution in [0.15, 0.2) is 30.3 Å². The molecular weight excluding hydrogens is 318 g/mol. The second-order valence-electron chi connectivity index (χ2n) is 6.65. The molecule has 1 saturated heterocycles. The molecule has 3 rings (SSSR count). The molecule has 0 spiro atoms. The molecule has 6 heteroatoms. The molecule has 2 aromatic rings. The van der Waals surface area contributed by atoms with Gasteiger partial charge in [0.15, 0.2) is 0 Å². The average Bonchev–Trinajstić information content (AvgIpc) is 2.92. The van der Waals surface area contributed by atoms with Gasteiger partial charge in [-0.2, -0.15) is 5.10 Å². The first kappa shape index (κ1) is 17.9. The van der Waals surface area contributed by atoms with Crippen molar-refractivity contribution in [3.05, 3.63) is 47.3 Å². The molecule has 1 N–H and O–H groups in total. The number of β-amino-alcohol motifs (C(OH)–C–C–N with tert-alkyl or cyclic N) is 1. The van der Waals surface area contributed by atoms with Crippen molar-refractivity contribution in [3.63, 3.8) is 0 Å². The Bertz CT molecular complexity index is 684. The van der Waals surface area contributed by atoms with E-state index in [1.54, 1.807) is 7.11 Å². The Morgan fingerprint density at radius 3 is 2.72 bits per heavy atom. The number of nitrogens with zero attached hydrogens (tertiary/aromatic N) is 3. The quantitative estimate of drug-likeness (QED) is 0.867. The Kier molecular flexibility index (Phi) is 5.73. The van der Waals surface area contributed by atoms with Crippen molar-refractivity contribution in [3.8, 4) is 5.75 Å². The highest BCUT2D eigenvalue weighted by molar-refractivity contribution is 5.28. The van der Waals surface area contributed by atoms with Crippen molar-refractivity contribution in [2.24, 2.45) is 0 Å². The van der Waals surface area contributed by atoms with Crippen molar-refractivity contribution >= 4 is 0 Å². The number of benzene rings is 1. The molecule has 1 aliphatic heterocycles. The summed E-state index contributed by atoms with van der Waals surface area (Å²) >= 11 is 0. The normalized spacial score (nSPS) is 19.8. The number of aryl methyl sites for hydroxylation is 2. The minimum Gasteiger partial charge on any atom is -0.497 e. The molecular formula is C19H27N3O3. The van der Waals surface area contributed by atoms with Gasteiger partial charge in [-0.1, -0.05) is 12.1 Å². The minimum absolute atomic E-state index is 0.0924. The van der Waals surface area contributed by atoms with Crippen LogP contribution in [0.1, 0.15) is 23.1 Å². The van der Waals surface area contributed by atoms with E-state index in [1.807, 2.05) is 35.9 Å². The Labute approximate surface area is 149 Å². The van der Waals surface area contributed by atoms with E-state index in [2.05, 4.69) is 23.0 Å². The fourth-order valence-electron chi connectivity index (χ4n) is 3.29. The van der Waals surface area contributed by atoms with Gasteiger partial charge in [0.25, 0.3) is 0 Å². The summed E-state index contributed by atoms with van der Waals surface area (Å²) in [6.45, 7) is 7.72. The molecule has 1 aromatic heterocycles. The van der Waals surface area contributed by atoms with Crippen molar-refractivity contribution in [1.29, 1.82) is 0 Å². The predicted molar refractivity (Wildman–Crippen MR) is 95.8 cm³/mol. The van der Waals surface area contributed by atoms with Gasteiger partial charge < -0.3 is 14.6 Å².